The summed E-state index contributed by atoms with van der Waals surface area (Å²) >= 11 is 1.67. The topological polar surface area (TPSA) is 38.7 Å². The SMILES string of the molecule is CCC(O)(CC)CSc1ccc2c(c1)OCCCO2. The van der Waals surface area contributed by atoms with Gasteiger partial charge < -0.3 is 14.6 Å². The van der Waals surface area contributed by atoms with Crippen LogP contribution in [0.2, 0.25) is 0 Å². The van der Waals surface area contributed by atoms with Gasteiger partial charge in [0.05, 0.1) is 18.8 Å². The average Bonchev–Trinajstić information content (AvgIpc) is 2.69. The van der Waals surface area contributed by atoms with Gasteiger partial charge in [-0.3, -0.25) is 0 Å². The van der Waals surface area contributed by atoms with E-state index in [1.807, 2.05) is 32.0 Å². The summed E-state index contributed by atoms with van der Waals surface area (Å²) in [6, 6.07) is 6.00. The maximum atomic E-state index is 10.3. The number of benzene rings is 1. The largest absolute Gasteiger partial charge is 0.490 e. The zero-order chi connectivity index (χ0) is 13.7. The van der Waals surface area contributed by atoms with E-state index >= 15 is 0 Å². The first-order valence-electron chi connectivity index (χ1n) is 6.91. The number of aliphatic hydroxyl groups is 1. The fourth-order valence-electron chi connectivity index (χ4n) is 1.91. The van der Waals surface area contributed by atoms with Crippen molar-refractivity contribution in [3.63, 3.8) is 0 Å². The lowest BCUT2D eigenvalue weighted by atomic mass is 10.0. The molecular weight excluding hydrogens is 260 g/mol. The van der Waals surface area contributed by atoms with Crippen molar-refractivity contribution in [1.29, 1.82) is 0 Å². The maximum Gasteiger partial charge on any atom is 0.162 e. The van der Waals surface area contributed by atoms with Crippen LogP contribution in [0.15, 0.2) is 23.1 Å². The molecule has 1 aliphatic heterocycles. The van der Waals surface area contributed by atoms with E-state index in [4.69, 9.17) is 9.47 Å². The predicted molar refractivity (Wildman–Crippen MR) is 78.3 cm³/mol. The van der Waals surface area contributed by atoms with Crippen LogP contribution in [0, 0.1) is 0 Å². The van der Waals surface area contributed by atoms with Crippen molar-refractivity contribution in [3.8, 4) is 11.5 Å². The highest BCUT2D eigenvalue weighted by Gasteiger charge is 2.22. The lowest BCUT2D eigenvalue weighted by Crippen LogP contribution is -2.29. The quantitative estimate of drug-likeness (QED) is 0.839. The Kier molecular flexibility index (Phi) is 4.99. The molecule has 0 fully saturated rings. The highest BCUT2D eigenvalue weighted by molar-refractivity contribution is 7.99. The molecule has 3 nitrogen and oxygen atoms in total. The second-order valence-electron chi connectivity index (χ2n) is 4.88. The van der Waals surface area contributed by atoms with Gasteiger partial charge in [-0.25, -0.2) is 0 Å². The molecule has 4 heteroatoms. The standard InChI is InChI=1S/C15H22O3S/c1-3-15(16,4-2)11-19-12-6-7-13-14(10-12)18-9-5-8-17-13/h6-7,10,16H,3-5,8-9,11H2,1-2H3. The molecule has 0 spiro atoms. The number of rotatable bonds is 5. The minimum Gasteiger partial charge on any atom is -0.490 e. The maximum absolute atomic E-state index is 10.3. The van der Waals surface area contributed by atoms with Crippen LogP contribution >= 0.6 is 11.8 Å². The second kappa shape index (κ2) is 6.53. The van der Waals surface area contributed by atoms with E-state index in [1.165, 1.54) is 0 Å². The zero-order valence-corrected chi connectivity index (χ0v) is 12.5. The zero-order valence-electron chi connectivity index (χ0n) is 11.6. The summed E-state index contributed by atoms with van der Waals surface area (Å²) in [4.78, 5) is 1.12. The van der Waals surface area contributed by atoms with E-state index in [2.05, 4.69) is 0 Å². The summed E-state index contributed by atoms with van der Waals surface area (Å²) in [5.74, 6) is 2.35. The Hall–Kier alpha value is -0.870. The van der Waals surface area contributed by atoms with E-state index in [0.29, 0.717) is 19.0 Å². The Morgan fingerprint density at radius 2 is 1.84 bits per heavy atom. The molecule has 19 heavy (non-hydrogen) atoms. The van der Waals surface area contributed by atoms with Gasteiger partial charge in [-0.2, -0.15) is 0 Å². The van der Waals surface area contributed by atoms with E-state index in [1.54, 1.807) is 11.8 Å². The minimum atomic E-state index is -0.575. The second-order valence-corrected chi connectivity index (χ2v) is 5.93. The first kappa shape index (κ1) is 14.5. The Balaban J connectivity index is 2.04. The third kappa shape index (κ3) is 3.80. The molecule has 0 radical (unpaired) electrons. The van der Waals surface area contributed by atoms with Crippen LogP contribution in [0.25, 0.3) is 0 Å². The van der Waals surface area contributed by atoms with Crippen LogP contribution in [-0.2, 0) is 0 Å². The molecule has 0 unspecified atom stereocenters. The molecule has 0 saturated heterocycles. The molecule has 0 aromatic heterocycles. The molecule has 0 atom stereocenters. The smallest absolute Gasteiger partial charge is 0.162 e. The van der Waals surface area contributed by atoms with Crippen LogP contribution < -0.4 is 9.47 Å². The summed E-state index contributed by atoms with van der Waals surface area (Å²) in [6.07, 6.45) is 2.48. The van der Waals surface area contributed by atoms with E-state index in [0.717, 1.165) is 35.7 Å². The van der Waals surface area contributed by atoms with Crippen molar-refractivity contribution in [2.24, 2.45) is 0 Å². The monoisotopic (exact) mass is 282 g/mol. The first-order chi connectivity index (χ1) is 9.17. The lowest BCUT2D eigenvalue weighted by molar-refractivity contribution is 0.0572. The lowest BCUT2D eigenvalue weighted by Gasteiger charge is -2.24. The van der Waals surface area contributed by atoms with Gasteiger partial charge in [-0.1, -0.05) is 13.8 Å². The van der Waals surface area contributed by atoms with E-state index < -0.39 is 5.60 Å². The molecule has 106 valence electrons. The van der Waals surface area contributed by atoms with Gasteiger partial charge in [0.1, 0.15) is 0 Å². The number of hydrogen-bond donors (Lipinski definition) is 1. The predicted octanol–water partition coefficient (Wildman–Crippen LogP) is 3.49. The van der Waals surface area contributed by atoms with E-state index in [9.17, 15) is 5.11 Å². The van der Waals surface area contributed by atoms with Crippen molar-refractivity contribution in [1.82, 2.24) is 0 Å². The molecule has 1 heterocycles. The molecule has 0 saturated carbocycles. The van der Waals surface area contributed by atoms with Crippen LogP contribution in [0.5, 0.6) is 11.5 Å². The number of fused-ring (bicyclic) bond motifs is 1. The Bertz CT molecular complexity index is 416. The van der Waals surface area contributed by atoms with Gasteiger partial charge in [0.15, 0.2) is 11.5 Å². The number of thioether (sulfide) groups is 1. The number of ether oxygens (including phenoxy) is 2. The van der Waals surface area contributed by atoms with Crippen molar-refractivity contribution in [2.75, 3.05) is 19.0 Å². The molecule has 1 aromatic rings. The molecule has 2 rings (SSSR count). The Labute approximate surface area is 119 Å². The Morgan fingerprint density at radius 1 is 1.16 bits per heavy atom. The molecule has 1 aliphatic rings. The summed E-state index contributed by atoms with van der Waals surface area (Å²) in [6.45, 7) is 5.47. The molecule has 0 bridgehead atoms. The van der Waals surface area contributed by atoms with Gasteiger partial charge in [0.2, 0.25) is 0 Å². The van der Waals surface area contributed by atoms with Gasteiger partial charge in [-0.15, -0.1) is 11.8 Å². The minimum absolute atomic E-state index is 0.575. The fourth-order valence-corrected chi connectivity index (χ4v) is 3.10. The summed E-state index contributed by atoms with van der Waals surface area (Å²) < 4.78 is 11.3. The van der Waals surface area contributed by atoms with Gasteiger partial charge in [0, 0.05) is 17.1 Å². The summed E-state index contributed by atoms with van der Waals surface area (Å²) in [7, 11) is 0. The van der Waals surface area contributed by atoms with Gasteiger partial charge >= 0.3 is 0 Å². The molecule has 0 aliphatic carbocycles. The van der Waals surface area contributed by atoms with Crippen LogP contribution in [-0.4, -0.2) is 29.7 Å². The average molecular weight is 282 g/mol. The van der Waals surface area contributed by atoms with Crippen molar-refractivity contribution < 1.29 is 14.6 Å². The van der Waals surface area contributed by atoms with Crippen LogP contribution in [0.4, 0.5) is 0 Å². The van der Waals surface area contributed by atoms with Crippen molar-refractivity contribution >= 4 is 11.8 Å². The molecule has 1 aromatic carbocycles. The summed E-state index contributed by atoms with van der Waals surface area (Å²) in [5, 5.41) is 10.3. The normalized spacial score (nSPS) is 15.1. The highest BCUT2D eigenvalue weighted by atomic mass is 32.2. The summed E-state index contributed by atoms with van der Waals surface area (Å²) in [5.41, 5.74) is -0.575. The first-order valence-corrected chi connectivity index (χ1v) is 7.90. The third-order valence-corrected chi connectivity index (χ3v) is 4.81. The molecule has 1 N–H and O–H groups in total. The number of hydrogen-bond acceptors (Lipinski definition) is 4. The van der Waals surface area contributed by atoms with Crippen LogP contribution in [0.1, 0.15) is 33.1 Å². The Morgan fingerprint density at radius 3 is 2.53 bits per heavy atom. The van der Waals surface area contributed by atoms with Crippen LogP contribution in [0.3, 0.4) is 0 Å². The van der Waals surface area contributed by atoms with Crippen molar-refractivity contribution in [3.05, 3.63) is 18.2 Å². The van der Waals surface area contributed by atoms with Gasteiger partial charge in [0.25, 0.3) is 0 Å². The van der Waals surface area contributed by atoms with Gasteiger partial charge in [-0.05, 0) is 31.0 Å². The molecular formula is C15H22O3S. The molecule has 0 amide bonds. The third-order valence-electron chi connectivity index (χ3n) is 3.54. The van der Waals surface area contributed by atoms with Crippen molar-refractivity contribution in [2.45, 2.75) is 43.6 Å². The van der Waals surface area contributed by atoms with E-state index in [-0.39, 0.29) is 0 Å². The highest BCUT2D eigenvalue weighted by Crippen LogP contribution is 2.35. The fraction of sp³-hybridized carbons (Fsp3) is 0.600.